The third-order valence-corrected chi connectivity index (χ3v) is 4.08. The summed E-state index contributed by atoms with van der Waals surface area (Å²) in [6.07, 6.45) is 0. The Morgan fingerprint density at radius 2 is 1.89 bits per heavy atom. The van der Waals surface area contributed by atoms with Crippen LogP contribution in [-0.4, -0.2) is 6.61 Å². The maximum atomic E-state index is 12.3. The smallest absolute Gasteiger partial charge is 0.387 e. The maximum Gasteiger partial charge on any atom is 0.387 e. The van der Waals surface area contributed by atoms with Crippen molar-refractivity contribution in [2.75, 3.05) is 0 Å². The van der Waals surface area contributed by atoms with Crippen LogP contribution in [0.1, 0.15) is 16.5 Å². The summed E-state index contributed by atoms with van der Waals surface area (Å²) in [5.41, 5.74) is 6.62. The van der Waals surface area contributed by atoms with Gasteiger partial charge in [-0.15, -0.1) is 11.3 Å². The lowest BCUT2D eigenvalue weighted by molar-refractivity contribution is -0.0505. The van der Waals surface area contributed by atoms with E-state index in [0.717, 1.165) is 8.66 Å². The van der Waals surface area contributed by atoms with Gasteiger partial charge < -0.3 is 10.5 Å². The van der Waals surface area contributed by atoms with Gasteiger partial charge in [-0.25, -0.2) is 0 Å². The van der Waals surface area contributed by atoms with Gasteiger partial charge in [-0.2, -0.15) is 8.78 Å². The first-order valence-corrected chi connectivity index (χ1v) is 6.73. The first-order valence-electron chi connectivity index (χ1n) is 5.12. The monoisotopic (exact) mass is 333 g/mol. The highest BCUT2D eigenvalue weighted by Crippen LogP contribution is 2.34. The Kier molecular flexibility index (Phi) is 4.31. The summed E-state index contributed by atoms with van der Waals surface area (Å²) in [4.78, 5) is 0.882. The summed E-state index contributed by atoms with van der Waals surface area (Å²) in [6.45, 7) is -2.85. The molecule has 0 aliphatic heterocycles. The van der Waals surface area contributed by atoms with Crippen LogP contribution in [0.2, 0.25) is 0 Å². The lowest BCUT2D eigenvalue weighted by Gasteiger charge is -2.15. The number of hydrogen-bond donors (Lipinski definition) is 1. The molecule has 18 heavy (non-hydrogen) atoms. The molecular weight excluding hydrogens is 324 g/mol. The second-order valence-electron chi connectivity index (χ2n) is 3.54. The molecule has 0 bridgehead atoms. The minimum absolute atomic E-state index is 0.115. The molecule has 0 spiro atoms. The van der Waals surface area contributed by atoms with Crippen LogP contribution in [0.4, 0.5) is 8.78 Å². The molecule has 0 aliphatic carbocycles. The normalized spacial score (nSPS) is 12.7. The van der Waals surface area contributed by atoms with E-state index in [1.807, 2.05) is 12.1 Å². The second kappa shape index (κ2) is 5.77. The van der Waals surface area contributed by atoms with Gasteiger partial charge in [0.2, 0.25) is 0 Å². The molecule has 1 atom stereocenters. The Morgan fingerprint density at radius 3 is 2.50 bits per heavy atom. The van der Waals surface area contributed by atoms with E-state index in [9.17, 15) is 8.78 Å². The van der Waals surface area contributed by atoms with Gasteiger partial charge in [0.15, 0.2) is 0 Å². The Morgan fingerprint density at radius 1 is 1.17 bits per heavy atom. The van der Waals surface area contributed by atoms with Gasteiger partial charge in [-0.1, -0.05) is 18.2 Å². The molecule has 0 amide bonds. The Bertz CT molecular complexity index is 532. The summed E-state index contributed by atoms with van der Waals surface area (Å²) in [5, 5.41) is 0. The van der Waals surface area contributed by atoms with Crippen molar-refractivity contribution in [3.05, 3.63) is 50.6 Å². The number of thiophene rings is 1. The second-order valence-corrected chi connectivity index (χ2v) is 6.03. The van der Waals surface area contributed by atoms with Crippen molar-refractivity contribution in [2.24, 2.45) is 5.73 Å². The summed E-state index contributed by atoms with van der Waals surface area (Å²) in [7, 11) is 0. The molecule has 0 radical (unpaired) electrons. The minimum Gasteiger partial charge on any atom is -0.434 e. The molecule has 0 aliphatic rings. The van der Waals surface area contributed by atoms with Gasteiger partial charge in [-0.05, 0) is 34.1 Å². The molecule has 2 rings (SSSR count). The van der Waals surface area contributed by atoms with Crippen LogP contribution in [0.15, 0.2) is 40.2 Å². The molecule has 2 aromatic rings. The third kappa shape index (κ3) is 3.07. The summed E-state index contributed by atoms with van der Waals surface area (Å²) >= 11 is 4.81. The van der Waals surface area contributed by atoms with E-state index in [0.29, 0.717) is 5.56 Å². The predicted octanol–water partition coefficient (Wildman–Crippen LogP) is 4.16. The molecular formula is C12H10BrF2NOS. The zero-order valence-electron chi connectivity index (χ0n) is 9.15. The number of para-hydroxylation sites is 1. The van der Waals surface area contributed by atoms with E-state index >= 15 is 0 Å². The molecule has 6 heteroatoms. The first kappa shape index (κ1) is 13.5. The van der Waals surface area contributed by atoms with Crippen LogP contribution in [-0.2, 0) is 0 Å². The molecule has 0 fully saturated rings. The van der Waals surface area contributed by atoms with E-state index < -0.39 is 12.7 Å². The van der Waals surface area contributed by atoms with Gasteiger partial charge in [0.05, 0.1) is 9.83 Å². The van der Waals surface area contributed by atoms with Crippen LogP contribution in [0.25, 0.3) is 0 Å². The maximum absolute atomic E-state index is 12.3. The average Bonchev–Trinajstić information content (AvgIpc) is 2.75. The molecule has 0 saturated heterocycles. The van der Waals surface area contributed by atoms with Crippen molar-refractivity contribution in [3.8, 4) is 5.75 Å². The largest absolute Gasteiger partial charge is 0.434 e. The van der Waals surface area contributed by atoms with Crippen molar-refractivity contribution >= 4 is 27.3 Å². The van der Waals surface area contributed by atoms with Crippen molar-refractivity contribution in [3.63, 3.8) is 0 Å². The van der Waals surface area contributed by atoms with E-state index in [4.69, 9.17) is 5.73 Å². The molecule has 0 saturated carbocycles. The molecule has 96 valence electrons. The van der Waals surface area contributed by atoms with E-state index in [1.54, 1.807) is 18.2 Å². The Balaban J connectivity index is 2.32. The van der Waals surface area contributed by atoms with Crippen molar-refractivity contribution in [1.29, 1.82) is 0 Å². The van der Waals surface area contributed by atoms with E-state index in [-0.39, 0.29) is 5.75 Å². The van der Waals surface area contributed by atoms with Crippen molar-refractivity contribution in [1.82, 2.24) is 0 Å². The van der Waals surface area contributed by atoms with Crippen LogP contribution in [0.3, 0.4) is 0 Å². The standard InChI is InChI=1S/C12H10BrF2NOS/c13-10-6-5-9(18-10)11(16)7-3-1-2-4-8(7)17-12(14)15/h1-6,11-12H,16H2. The highest BCUT2D eigenvalue weighted by Gasteiger charge is 2.17. The van der Waals surface area contributed by atoms with Gasteiger partial charge >= 0.3 is 6.61 Å². The number of rotatable bonds is 4. The molecule has 1 heterocycles. The quantitative estimate of drug-likeness (QED) is 0.911. The van der Waals surface area contributed by atoms with E-state index in [2.05, 4.69) is 20.7 Å². The zero-order chi connectivity index (χ0) is 13.1. The number of ether oxygens (including phenoxy) is 1. The van der Waals surface area contributed by atoms with Gasteiger partial charge in [0.1, 0.15) is 5.75 Å². The van der Waals surface area contributed by atoms with Crippen LogP contribution >= 0.6 is 27.3 Å². The van der Waals surface area contributed by atoms with Crippen LogP contribution in [0.5, 0.6) is 5.75 Å². The number of nitrogens with two attached hydrogens (primary N) is 1. The lowest BCUT2D eigenvalue weighted by Crippen LogP contribution is -2.13. The molecule has 1 unspecified atom stereocenters. The molecule has 2 N–H and O–H groups in total. The highest BCUT2D eigenvalue weighted by molar-refractivity contribution is 9.11. The summed E-state index contributed by atoms with van der Waals surface area (Å²) in [5.74, 6) is 0.115. The summed E-state index contributed by atoms with van der Waals surface area (Å²) < 4.78 is 30.0. The third-order valence-electron chi connectivity index (χ3n) is 2.37. The lowest BCUT2D eigenvalue weighted by atomic mass is 10.1. The molecule has 1 aromatic heterocycles. The zero-order valence-corrected chi connectivity index (χ0v) is 11.5. The number of hydrogen-bond acceptors (Lipinski definition) is 3. The number of halogens is 3. The number of benzene rings is 1. The summed E-state index contributed by atoms with van der Waals surface area (Å²) in [6, 6.07) is 9.82. The van der Waals surface area contributed by atoms with Gasteiger partial charge in [0.25, 0.3) is 0 Å². The fourth-order valence-electron chi connectivity index (χ4n) is 1.59. The topological polar surface area (TPSA) is 35.2 Å². The predicted molar refractivity (Wildman–Crippen MR) is 71.1 cm³/mol. The molecule has 2 nitrogen and oxygen atoms in total. The Labute approximate surface area is 116 Å². The Hall–Kier alpha value is -0.980. The first-order chi connectivity index (χ1) is 8.58. The van der Waals surface area contributed by atoms with Crippen molar-refractivity contribution < 1.29 is 13.5 Å². The van der Waals surface area contributed by atoms with Crippen molar-refractivity contribution in [2.45, 2.75) is 12.7 Å². The SMILES string of the molecule is NC(c1ccc(Br)s1)c1ccccc1OC(F)F. The van der Waals surface area contributed by atoms with Crippen LogP contribution in [0, 0.1) is 0 Å². The highest BCUT2D eigenvalue weighted by atomic mass is 79.9. The fourth-order valence-corrected chi connectivity index (χ4v) is 3.03. The van der Waals surface area contributed by atoms with Gasteiger partial charge in [-0.3, -0.25) is 0 Å². The number of alkyl halides is 2. The minimum atomic E-state index is -2.85. The average molecular weight is 334 g/mol. The molecule has 1 aromatic carbocycles. The van der Waals surface area contributed by atoms with E-state index in [1.165, 1.54) is 17.4 Å². The van der Waals surface area contributed by atoms with Gasteiger partial charge in [0, 0.05) is 10.4 Å². The fraction of sp³-hybridized carbons (Fsp3) is 0.167. The van der Waals surface area contributed by atoms with Crippen LogP contribution < -0.4 is 10.5 Å².